The molecule has 0 aliphatic heterocycles. The monoisotopic (exact) mass is 424 g/mol. The van der Waals surface area contributed by atoms with E-state index in [0.29, 0.717) is 29.4 Å². The zero-order valence-corrected chi connectivity index (χ0v) is 17.3. The molecule has 32 heavy (non-hydrogen) atoms. The lowest BCUT2D eigenvalue weighted by molar-refractivity contribution is 0.102. The number of anilines is 1. The number of aromatic nitrogens is 5. The van der Waals surface area contributed by atoms with Crippen molar-refractivity contribution in [2.45, 2.75) is 6.54 Å². The van der Waals surface area contributed by atoms with Crippen LogP contribution in [-0.4, -0.2) is 37.4 Å². The van der Waals surface area contributed by atoms with E-state index in [1.807, 2.05) is 72.8 Å². The summed E-state index contributed by atoms with van der Waals surface area (Å²) in [6.07, 6.45) is 3.55. The van der Waals surface area contributed by atoms with Crippen molar-refractivity contribution in [3.8, 4) is 17.0 Å². The van der Waals surface area contributed by atoms with Gasteiger partial charge in [0.2, 0.25) is 5.95 Å². The number of carbonyl (C=O) groups excluding carboxylic acids is 1. The highest BCUT2D eigenvalue weighted by Gasteiger charge is 2.20. The minimum Gasteiger partial charge on any atom is -0.497 e. The van der Waals surface area contributed by atoms with Gasteiger partial charge in [-0.25, -0.2) is 0 Å². The van der Waals surface area contributed by atoms with Crippen molar-refractivity contribution < 1.29 is 9.53 Å². The second-order valence-electron chi connectivity index (χ2n) is 7.21. The third kappa shape index (κ3) is 3.81. The van der Waals surface area contributed by atoms with E-state index in [1.165, 1.54) is 0 Å². The Labute approximate surface area is 184 Å². The van der Waals surface area contributed by atoms with Crippen molar-refractivity contribution in [3.05, 3.63) is 96.3 Å². The van der Waals surface area contributed by atoms with Gasteiger partial charge in [-0.1, -0.05) is 36.4 Å². The zero-order chi connectivity index (χ0) is 21.9. The normalized spacial score (nSPS) is 10.9. The third-order valence-corrected chi connectivity index (χ3v) is 5.10. The molecule has 2 aromatic carbocycles. The smallest absolute Gasteiger partial charge is 0.261 e. The number of hydrogen-bond donors (Lipinski definition) is 1. The van der Waals surface area contributed by atoms with Crippen LogP contribution in [0.2, 0.25) is 0 Å². The van der Waals surface area contributed by atoms with Gasteiger partial charge >= 0.3 is 0 Å². The highest BCUT2D eigenvalue weighted by atomic mass is 16.5. The van der Waals surface area contributed by atoms with Gasteiger partial charge in [-0.3, -0.25) is 19.2 Å². The average molecular weight is 424 g/mol. The molecule has 0 unspecified atom stereocenters. The molecule has 0 bridgehead atoms. The van der Waals surface area contributed by atoms with Crippen molar-refractivity contribution in [2.75, 3.05) is 12.4 Å². The van der Waals surface area contributed by atoms with Crippen molar-refractivity contribution in [1.29, 1.82) is 0 Å². The standard InChI is InChI=1S/C24H20N6O2/c1-32-19-12-10-18(11-13-19)22-20(16-29(28-22)15-17-7-3-2-4-8-17)23(31)25-24-27-26-21-9-5-6-14-30(21)24/h2-14,16H,15H2,1H3,(H,25,27,31). The zero-order valence-electron chi connectivity index (χ0n) is 17.3. The first kappa shape index (κ1) is 19.5. The van der Waals surface area contributed by atoms with Gasteiger partial charge in [0.15, 0.2) is 5.65 Å². The van der Waals surface area contributed by atoms with E-state index in [9.17, 15) is 4.79 Å². The van der Waals surface area contributed by atoms with Crippen molar-refractivity contribution in [1.82, 2.24) is 24.4 Å². The van der Waals surface area contributed by atoms with E-state index in [1.54, 1.807) is 28.6 Å². The Morgan fingerprint density at radius 1 is 0.969 bits per heavy atom. The van der Waals surface area contributed by atoms with Crippen LogP contribution in [0.25, 0.3) is 16.9 Å². The first-order valence-electron chi connectivity index (χ1n) is 10.1. The Hall–Kier alpha value is -4.46. The van der Waals surface area contributed by atoms with E-state index >= 15 is 0 Å². The lowest BCUT2D eigenvalue weighted by atomic mass is 10.1. The second kappa shape index (κ2) is 8.35. The number of benzene rings is 2. The van der Waals surface area contributed by atoms with Gasteiger partial charge < -0.3 is 4.74 Å². The van der Waals surface area contributed by atoms with Gasteiger partial charge in [0, 0.05) is 18.0 Å². The number of fused-ring (bicyclic) bond motifs is 1. The van der Waals surface area contributed by atoms with Crippen LogP contribution in [0, 0.1) is 0 Å². The fourth-order valence-corrected chi connectivity index (χ4v) is 3.50. The summed E-state index contributed by atoms with van der Waals surface area (Å²) in [5.41, 5.74) is 3.58. The second-order valence-corrected chi connectivity index (χ2v) is 7.21. The summed E-state index contributed by atoms with van der Waals surface area (Å²) >= 11 is 0. The van der Waals surface area contributed by atoms with Crippen LogP contribution in [0.1, 0.15) is 15.9 Å². The van der Waals surface area contributed by atoms with Crippen LogP contribution >= 0.6 is 0 Å². The highest BCUT2D eigenvalue weighted by Crippen LogP contribution is 2.26. The number of hydrogen-bond acceptors (Lipinski definition) is 5. The van der Waals surface area contributed by atoms with E-state index in [0.717, 1.165) is 16.9 Å². The molecule has 0 radical (unpaired) electrons. The molecule has 1 amide bonds. The molecule has 1 N–H and O–H groups in total. The predicted octanol–water partition coefficient (Wildman–Crippen LogP) is 3.90. The number of methoxy groups -OCH3 is 1. The Balaban J connectivity index is 1.51. The van der Waals surface area contributed by atoms with Crippen LogP contribution in [0.3, 0.4) is 0 Å². The van der Waals surface area contributed by atoms with E-state index in [4.69, 9.17) is 9.84 Å². The van der Waals surface area contributed by atoms with E-state index in [-0.39, 0.29) is 5.91 Å². The molecule has 0 fully saturated rings. The summed E-state index contributed by atoms with van der Waals surface area (Å²) in [7, 11) is 1.62. The van der Waals surface area contributed by atoms with Gasteiger partial charge in [0.05, 0.1) is 19.2 Å². The molecule has 0 atom stereocenters. The lowest BCUT2D eigenvalue weighted by Gasteiger charge is -2.05. The maximum atomic E-state index is 13.3. The number of rotatable bonds is 6. The Morgan fingerprint density at radius 2 is 1.75 bits per heavy atom. The third-order valence-electron chi connectivity index (χ3n) is 5.10. The maximum Gasteiger partial charge on any atom is 0.261 e. The topological polar surface area (TPSA) is 86.3 Å². The SMILES string of the molecule is COc1ccc(-c2nn(Cc3ccccc3)cc2C(=O)Nc2nnc3ccccn23)cc1. The molecule has 3 heterocycles. The Bertz CT molecular complexity index is 1370. The molecule has 0 spiro atoms. The van der Waals surface area contributed by atoms with Crippen molar-refractivity contribution >= 4 is 17.5 Å². The molecular formula is C24H20N6O2. The average Bonchev–Trinajstić information content (AvgIpc) is 3.44. The maximum absolute atomic E-state index is 13.3. The van der Waals surface area contributed by atoms with Crippen LogP contribution < -0.4 is 10.1 Å². The molecule has 0 aliphatic carbocycles. The fourth-order valence-electron chi connectivity index (χ4n) is 3.50. The summed E-state index contributed by atoms with van der Waals surface area (Å²) in [5, 5.41) is 15.8. The van der Waals surface area contributed by atoms with Gasteiger partial charge in [-0.05, 0) is 42.0 Å². The van der Waals surface area contributed by atoms with Crippen LogP contribution in [0.5, 0.6) is 5.75 Å². The predicted molar refractivity (Wildman–Crippen MR) is 121 cm³/mol. The molecule has 8 heteroatoms. The minimum atomic E-state index is -0.312. The van der Waals surface area contributed by atoms with Gasteiger partial charge in [0.1, 0.15) is 11.4 Å². The molecular weight excluding hydrogens is 404 g/mol. The number of amides is 1. The highest BCUT2D eigenvalue weighted by molar-refractivity contribution is 6.07. The number of pyridine rings is 1. The first-order valence-corrected chi connectivity index (χ1v) is 10.1. The summed E-state index contributed by atoms with van der Waals surface area (Å²) < 4.78 is 8.75. The summed E-state index contributed by atoms with van der Waals surface area (Å²) in [5.74, 6) is 0.772. The Kier molecular flexibility index (Phi) is 5.09. The molecule has 0 saturated heterocycles. The quantitative estimate of drug-likeness (QED) is 0.447. The first-order chi connectivity index (χ1) is 15.7. The largest absolute Gasteiger partial charge is 0.497 e. The van der Waals surface area contributed by atoms with Crippen molar-refractivity contribution in [2.24, 2.45) is 0 Å². The molecule has 3 aromatic heterocycles. The van der Waals surface area contributed by atoms with Gasteiger partial charge in [0.25, 0.3) is 5.91 Å². The molecule has 8 nitrogen and oxygen atoms in total. The summed E-state index contributed by atoms with van der Waals surface area (Å²) in [4.78, 5) is 13.3. The Morgan fingerprint density at radius 3 is 2.53 bits per heavy atom. The molecule has 5 rings (SSSR count). The van der Waals surface area contributed by atoms with Crippen LogP contribution in [0.4, 0.5) is 5.95 Å². The van der Waals surface area contributed by atoms with Crippen LogP contribution in [-0.2, 0) is 6.54 Å². The van der Waals surface area contributed by atoms with Gasteiger partial charge in [-0.2, -0.15) is 5.10 Å². The number of nitrogens with zero attached hydrogens (tertiary/aromatic N) is 5. The molecule has 0 saturated carbocycles. The van der Waals surface area contributed by atoms with E-state index in [2.05, 4.69) is 15.5 Å². The molecule has 5 aromatic rings. The number of carbonyl (C=O) groups is 1. The summed E-state index contributed by atoms with van der Waals surface area (Å²) in [6.45, 7) is 0.547. The molecule has 158 valence electrons. The minimum absolute atomic E-state index is 0.312. The van der Waals surface area contributed by atoms with Gasteiger partial charge in [-0.15, -0.1) is 10.2 Å². The van der Waals surface area contributed by atoms with E-state index < -0.39 is 0 Å². The fraction of sp³-hybridized carbons (Fsp3) is 0.0833. The molecule has 0 aliphatic rings. The summed E-state index contributed by atoms with van der Waals surface area (Å²) in [6, 6.07) is 23.0. The number of ether oxygens (including phenoxy) is 1. The van der Waals surface area contributed by atoms with Crippen LogP contribution in [0.15, 0.2) is 85.2 Å². The van der Waals surface area contributed by atoms with Crippen molar-refractivity contribution in [3.63, 3.8) is 0 Å². The lowest BCUT2D eigenvalue weighted by Crippen LogP contribution is -2.14. The number of nitrogens with one attached hydrogen (secondary N) is 1.